The summed E-state index contributed by atoms with van der Waals surface area (Å²) in [5.41, 5.74) is 5.29. The van der Waals surface area contributed by atoms with E-state index in [1.165, 1.54) is 0 Å². The van der Waals surface area contributed by atoms with Gasteiger partial charge in [0.05, 0.1) is 6.54 Å². The first-order chi connectivity index (χ1) is 7.04. The molecular weight excluding hydrogens is 220 g/mol. The summed E-state index contributed by atoms with van der Waals surface area (Å²) in [4.78, 5) is 20.4. The molecule has 0 heterocycles. The zero-order chi connectivity index (χ0) is 11.7. The third-order valence-corrected chi connectivity index (χ3v) is 2.61. The molecule has 0 rings (SSSR count). The molecular formula is C8H16N2O4S. The number of carbonyl (C=O) groups is 2. The number of nitrogens with two attached hydrogens (primary N) is 1. The first kappa shape index (κ1) is 14.2. The molecule has 0 amide bonds. The summed E-state index contributed by atoms with van der Waals surface area (Å²) in [5, 5.41) is 19.5. The molecule has 0 radical (unpaired) electrons. The number of nitrogens with one attached hydrogen (secondary N) is 1. The summed E-state index contributed by atoms with van der Waals surface area (Å²) in [5.74, 6) is -0.450. The van der Waals surface area contributed by atoms with Crippen LogP contribution in [0.4, 0.5) is 0 Å². The van der Waals surface area contributed by atoms with Crippen molar-refractivity contribution in [3.05, 3.63) is 0 Å². The normalized spacial score (nSPS) is 12.3. The summed E-state index contributed by atoms with van der Waals surface area (Å²) in [6.07, 6.45) is 0.429. The van der Waals surface area contributed by atoms with Gasteiger partial charge in [0, 0.05) is 12.3 Å². The van der Waals surface area contributed by atoms with Crippen LogP contribution in [0.5, 0.6) is 0 Å². The van der Waals surface area contributed by atoms with Gasteiger partial charge in [-0.3, -0.25) is 9.59 Å². The first-order valence-corrected chi connectivity index (χ1v) is 5.68. The van der Waals surface area contributed by atoms with Crippen molar-refractivity contribution in [2.24, 2.45) is 5.73 Å². The van der Waals surface area contributed by atoms with Gasteiger partial charge in [-0.2, -0.15) is 11.8 Å². The molecule has 0 aliphatic carbocycles. The summed E-state index contributed by atoms with van der Waals surface area (Å²) < 4.78 is 0. The lowest BCUT2D eigenvalue weighted by Gasteiger charge is -2.05. The zero-order valence-electron chi connectivity index (χ0n) is 8.31. The van der Waals surface area contributed by atoms with Gasteiger partial charge >= 0.3 is 11.9 Å². The first-order valence-electron chi connectivity index (χ1n) is 4.52. The van der Waals surface area contributed by atoms with E-state index in [2.05, 4.69) is 5.32 Å². The van der Waals surface area contributed by atoms with Crippen LogP contribution in [0.3, 0.4) is 0 Å². The zero-order valence-corrected chi connectivity index (χ0v) is 9.13. The van der Waals surface area contributed by atoms with Crippen LogP contribution in [0.1, 0.15) is 6.42 Å². The maximum absolute atomic E-state index is 10.3. The third-order valence-electron chi connectivity index (χ3n) is 1.59. The van der Waals surface area contributed by atoms with Gasteiger partial charge in [-0.25, -0.2) is 0 Å². The minimum absolute atomic E-state index is 0.0464. The fourth-order valence-corrected chi connectivity index (χ4v) is 1.69. The van der Waals surface area contributed by atoms with Gasteiger partial charge in [0.25, 0.3) is 0 Å². The van der Waals surface area contributed by atoms with Crippen LogP contribution < -0.4 is 11.1 Å². The molecule has 0 aromatic heterocycles. The summed E-state index contributed by atoms with van der Waals surface area (Å²) in [6.45, 7) is 0.550. The topological polar surface area (TPSA) is 113 Å². The maximum atomic E-state index is 10.3. The van der Waals surface area contributed by atoms with Crippen molar-refractivity contribution in [1.29, 1.82) is 0 Å². The van der Waals surface area contributed by atoms with Crippen LogP contribution in [0.25, 0.3) is 0 Å². The van der Waals surface area contributed by atoms with E-state index in [-0.39, 0.29) is 6.54 Å². The number of carboxylic acids is 2. The lowest BCUT2D eigenvalue weighted by molar-refractivity contribution is -0.138. The molecule has 6 nitrogen and oxygen atoms in total. The molecule has 0 aromatic carbocycles. The Morgan fingerprint density at radius 2 is 2.00 bits per heavy atom. The van der Waals surface area contributed by atoms with Gasteiger partial charge in [0.15, 0.2) is 0 Å². The Kier molecular flexibility index (Phi) is 8.06. The number of hydrogen-bond donors (Lipinski definition) is 4. The molecule has 88 valence electrons. The number of carboxylic acid groups (broad SMARTS) is 2. The van der Waals surface area contributed by atoms with Crippen molar-refractivity contribution >= 4 is 23.7 Å². The van der Waals surface area contributed by atoms with Crippen LogP contribution in [-0.2, 0) is 9.59 Å². The number of thioether (sulfide) groups is 1. The molecule has 0 aromatic rings. The Morgan fingerprint density at radius 3 is 2.53 bits per heavy atom. The van der Waals surface area contributed by atoms with Gasteiger partial charge < -0.3 is 21.3 Å². The fraction of sp³-hybridized carbons (Fsp3) is 0.750. The van der Waals surface area contributed by atoms with Gasteiger partial charge in [-0.1, -0.05) is 0 Å². The van der Waals surface area contributed by atoms with E-state index >= 15 is 0 Å². The van der Waals surface area contributed by atoms with Crippen molar-refractivity contribution in [2.45, 2.75) is 12.5 Å². The number of rotatable bonds is 9. The van der Waals surface area contributed by atoms with E-state index in [0.717, 1.165) is 5.75 Å². The Bertz CT molecular complexity index is 213. The molecule has 0 spiro atoms. The Labute approximate surface area is 92.2 Å². The van der Waals surface area contributed by atoms with E-state index in [0.29, 0.717) is 18.7 Å². The number of hydrogen-bond acceptors (Lipinski definition) is 5. The molecule has 0 saturated heterocycles. The second kappa shape index (κ2) is 8.51. The summed E-state index contributed by atoms with van der Waals surface area (Å²) in [6, 6.07) is -0.801. The van der Waals surface area contributed by atoms with E-state index in [1.807, 2.05) is 0 Å². The molecule has 0 aliphatic rings. The van der Waals surface area contributed by atoms with Crippen molar-refractivity contribution < 1.29 is 19.8 Å². The molecule has 0 aliphatic heterocycles. The van der Waals surface area contributed by atoms with Crippen molar-refractivity contribution in [3.8, 4) is 0 Å². The average Bonchev–Trinajstić information content (AvgIpc) is 2.15. The molecule has 0 fully saturated rings. The van der Waals surface area contributed by atoms with Crippen LogP contribution >= 0.6 is 11.8 Å². The second-order valence-corrected chi connectivity index (χ2v) is 4.14. The number of aliphatic carboxylic acids is 2. The van der Waals surface area contributed by atoms with Crippen molar-refractivity contribution in [2.75, 3.05) is 24.6 Å². The van der Waals surface area contributed by atoms with E-state index in [1.54, 1.807) is 11.8 Å². The Morgan fingerprint density at radius 1 is 1.33 bits per heavy atom. The monoisotopic (exact) mass is 236 g/mol. The SMILES string of the molecule is NC(CCSCCNCC(=O)O)C(=O)O. The molecule has 0 saturated carbocycles. The van der Waals surface area contributed by atoms with E-state index < -0.39 is 18.0 Å². The molecule has 0 bridgehead atoms. The smallest absolute Gasteiger partial charge is 0.320 e. The minimum Gasteiger partial charge on any atom is -0.480 e. The van der Waals surface area contributed by atoms with Crippen molar-refractivity contribution in [3.63, 3.8) is 0 Å². The maximum Gasteiger partial charge on any atom is 0.320 e. The average molecular weight is 236 g/mol. The van der Waals surface area contributed by atoms with E-state index in [9.17, 15) is 9.59 Å². The van der Waals surface area contributed by atoms with Gasteiger partial charge in [-0.15, -0.1) is 0 Å². The third kappa shape index (κ3) is 9.51. The standard InChI is InChI=1S/C8H16N2O4S/c9-6(8(13)14)1-3-15-4-2-10-5-7(11)12/h6,10H,1-5,9H2,(H,11,12)(H,13,14). The van der Waals surface area contributed by atoms with Crippen molar-refractivity contribution in [1.82, 2.24) is 5.32 Å². The molecule has 15 heavy (non-hydrogen) atoms. The molecule has 5 N–H and O–H groups in total. The molecule has 1 atom stereocenters. The largest absolute Gasteiger partial charge is 0.480 e. The van der Waals surface area contributed by atoms with Gasteiger partial charge in [0.2, 0.25) is 0 Å². The quantitative estimate of drug-likeness (QED) is 0.387. The van der Waals surface area contributed by atoms with Gasteiger partial charge in [-0.05, 0) is 12.2 Å². The van der Waals surface area contributed by atoms with Gasteiger partial charge in [0.1, 0.15) is 6.04 Å². The molecule has 7 heteroatoms. The minimum atomic E-state index is -0.986. The van der Waals surface area contributed by atoms with E-state index in [4.69, 9.17) is 15.9 Å². The highest BCUT2D eigenvalue weighted by molar-refractivity contribution is 7.99. The van der Waals surface area contributed by atoms with Crippen LogP contribution in [0.15, 0.2) is 0 Å². The highest BCUT2D eigenvalue weighted by atomic mass is 32.2. The second-order valence-electron chi connectivity index (χ2n) is 2.92. The highest BCUT2D eigenvalue weighted by Gasteiger charge is 2.09. The summed E-state index contributed by atoms with van der Waals surface area (Å²) in [7, 11) is 0. The lowest BCUT2D eigenvalue weighted by Crippen LogP contribution is -2.30. The molecule has 1 unspecified atom stereocenters. The lowest BCUT2D eigenvalue weighted by atomic mass is 10.2. The van der Waals surface area contributed by atoms with Crippen LogP contribution in [-0.4, -0.2) is 52.8 Å². The Hall–Kier alpha value is -0.790. The predicted molar refractivity (Wildman–Crippen MR) is 58.1 cm³/mol. The van der Waals surface area contributed by atoms with Crippen LogP contribution in [0, 0.1) is 0 Å². The highest BCUT2D eigenvalue weighted by Crippen LogP contribution is 2.02. The predicted octanol–water partition coefficient (Wildman–Crippen LogP) is -0.804. The van der Waals surface area contributed by atoms with Crippen LogP contribution in [0.2, 0.25) is 0 Å². The Balaban J connectivity index is 3.18. The fourth-order valence-electron chi connectivity index (χ4n) is 0.775. The summed E-state index contributed by atoms with van der Waals surface area (Å²) >= 11 is 1.55.